The number of anilines is 2. The fraction of sp³-hybridized carbons (Fsp3) is 0.375. The van der Waals surface area contributed by atoms with E-state index in [1.807, 2.05) is 17.9 Å². The van der Waals surface area contributed by atoms with E-state index in [0.717, 1.165) is 18.5 Å². The zero-order chi connectivity index (χ0) is 31.7. The molecule has 0 spiro atoms. The molecule has 0 saturated carbocycles. The summed E-state index contributed by atoms with van der Waals surface area (Å²) >= 11 is 0. The number of carbonyl (C=O) groups excluding carboxylic acids is 2. The smallest absolute Gasteiger partial charge is 0.254 e. The third kappa shape index (κ3) is 5.92. The van der Waals surface area contributed by atoms with Crippen LogP contribution in [0.15, 0.2) is 48.9 Å². The Bertz CT molecular complexity index is 1740. The Hall–Kier alpha value is -4.62. The number of carbonyl (C=O) groups is 2. The number of piperazine rings is 1. The lowest BCUT2D eigenvalue weighted by molar-refractivity contribution is -0.134. The largest absolute Gasteiger partial charge is 0.494 e. The van der Waals surface area contributed by atoms with Gasteiger partial charge in [-0.05, 0) is 55.2 Å². The number of nitrogens with zero attached hydrogens (tertiary/aromatic N) is 5. The molecule has 0 bridgehead atoms. The summed E-state index contributed by atoms with van der Waals surface area (Å²) in [7, 11) is 2.95. The summed E-state index contributed by atoms with van der Waals surface area (Å²) in [5.41, 5.74) is 2.83. The van der Waals surface area contributed by atoms with Crippen LogP contribution in [0.2, 0.25) is 0 Å². The molecule has 2 fully saturated rings. The number of rotatable bonds is 8. The highest BCUT2D eigenvalue weighted by Gasteiger charge is 2.34. The van der Waals surface area contributed by atoms with E-state index >= 15 is 0 Å². The molecule has 45 heavy (non-hydrogen) atoms. The normalized spacial score (nSPS) is 18.4. The van der Waals surface area contributed by atoms with Gasteiger partial charge >= 0.3 is 0 Å². The molecule has 2 amide bonds. The van der Waals surface area contributed by atoms with Gasteiger partial charge in [0.1, 0.15) is 0 Å². The predicted molar refractivity (Wildman–Crippen MR) is 164 cm³/mol. The van der Waals surface area contributed by atoms with Gasteiger partial charge in [-0.25, -0.2) is 14.4 Å². The van der Waals surface area contributed by atoms with E-state index in [9.17, 15) is 18.4 Å². The van der Waals surface area contributed by atoms with Crippen molar-refractivity contribution >= 4 is 29.0 Å². The van der Waals surface area contributed by atoms with Gasteiger partial charge in [-0.1, -0.05) is 0 Å². The Morgan fingerprint density at radius 1 is 1.04 bits per heavy atom. The molecule has 2 atom stereocenters. The van der Waals surface area contributed by atoms with Crippen LogP contribution in [-0.4, -0.2) is 95.6 Å². The summed E-state index contributed by atoms with van der Waals surface area (Å²) in [5, 5.41) is 6.54. The van der Waals surface area contributed by atoms with Gasteiger partial charge in [0.05, 0.1) is 31.6 Å². The summed E-state index contributed by atoms with van der Waals surface area (Å²) in [6.07, 6.45) is 5.37. The first-order valence-corrected chi connectivity index (χ1v) is 14.8. The lowest BCUT2D eigenvalue weighted by Gasteiger charge is -2.36. The molecule has 1 unspecified atom stereocenters. The van der Waals surface area contributed by atoms with Crippen molar-refractivity contribution in [2.75, 3.05) is 58.9 Å². The molecule has 2 aliphatic rings. The van der Waals surface area contributed by atoms with Crippen LogP contribution in [0.1, 0.15) is 22.3 Å². The number of methoxy groups -OCH3 is 2. The molecule has 2 aromatic heterocycles. The van der Waals surface area contributed by atoms with Gasteiger partial charge in [-0.3, -0.25) is 14.0 Å². The summed E-state index contributed by atoms with van der Waals surface area (Å²) in [6.45, 7) is 5.18. The second kappa shape index (κ2) is 12.8. The van der Waals surface area contributed by atoms with Crippen molar-refractivity contribution in [1.29, 1.82) is 0 Å². The monoisotopic (exact) mass is 619 g/mol. The zero-order valence-corrected chi connectivity index (χ0v) is 25.3. The summed E-state index contributed by atoms with van der Waals surface area (Å²) in [6, 6.07) is 8.01. The number of nitrogens with one attached hydrogen (secondary N) is 2. The third-order valence-electron chi connectivity index (χ3n) is 8.49. The first-order valence-electron chi connectivity index (χ1n) is 14.8. The van der Waals surface area contributed by atoms with Gasteiger partial charge in [0, 0.05) is 69.0 Å². The van der Waals surface area contributed by atoms with Crippen LogP contribution in [0.4, 0.5) is 20.3 Å². The second-order valence-electron chi connectivity index (χ2n) is 11.3. The Kier molecular flexibility index (Phi) is 8.63. The first-order chi connectivity index (χ1) is 21.8. The second-order valence-corrected chi connectivity index (χ2v) is 11.3. The Morgan fingerprint density at radius 3 is 2.56 bits per heavy atom. The van der Waals surface area contributed by atoms with E-state index in [1.54, 1.807) is 34.7 Å². The maximum atomic E-state index is 14.8. The summed E-state index contributed by atoms with van der Waals surface area (Å²) in [5.74, 6) is -1.55. The molecule has 0 aliphatic carbocycles. The van der Waals surface area contributed by atoms with E-state index in [0.29, 0.717) is 67.1 Å². The van der Waals surface area contributed by atoms with Crippen LogP contribution in [0, 0.1) is 24.5 Å². The molecule has 0 radical (unpaired) electrons. The highest BCUT2D eigenvalue weighted by atomic mass is 19.2. The maximum absolute atomic E-state index is 14.8. The molecule has 2 aromatic carbocycles. The van der Waals surface area contributed by atoms with Crippen LogP contribution in [0.25, 0.3) is 16.9 Å². The Labute approximate surface area is 259 Å². The maximum Gasteiger partial charge on any atom is 0.254 e. The van der Waals surface area contributed by atoms with Gasteiger partial charge < -0.3 is 29.9 Å². The van der Waals surface area contributed by atoms with Crippen LogP contribution in [-0.2, 0) is 9.53 Å². The molecule has 4 aromatic rings. The first kappa shape index (κ1) is 30.4. The van der Waals surface area contributed by atoms with Crippen molar-refractivity contribution < 1.29 is 27.8 Å². The topological polar surface area (TPSA) is 113 Å². The fourth-order valence-corrected chi connectivity index (χ4v) is 6.09. The van der Waals surface area contributed by atoms with Crippen molar-refractivity contribution in [2.45, 2.75) is 19.4 Å². The minimum absolute atomic E-state index is 0.0350. The van der Waals surface area contributed by atoms with E-state index in [4.69, 9.17) is 9.47 Å². The number of hydrogen-bond acceptors (Lipinski definition) is 8. The van der Waals surface area contributed by atoms with Gasteiger partial charge in [0.25, 0.3) is 5.91 Å². The molecule has 236 valence electrons. The SMILES string of the molecule is COCC1CN[C@H](C(=O)N2CCN(C(=O)c3ccc(Nc4nccn5c(-c6ccc(OC)c(F)c6F)cnc45)cc3C)CC2)C1. The van der Waals surface area contributed by atoms with Gasteiger partial charge in [-0.2, -0.15) is 4.39 Å². The lowest BCUT2D eigenvalue weighted by Crippen LogP contribution is -2.54. The zero-order valence-electron chi connectivity index (χ0n) is 25.3. The number of hydrogen-bond donors (Lipinski definition) is 2. The minimum Gasteiger partial charge on any atom is -0.494 e. The van der Waals surface area contributed by atoms with Gasteiger partial charge in [0.2, 0.25) is 11.7 Å². The van der Waals surface area contributed by atoms with E-state index in [2.05, 4.69) is 20.6 Å². The number of ether oxygens (including phenoxy) is 2. The number of fused-ring (bicyclic) bond motifs is 1. The molecule has 4 heterocycles. The molecule has 11 nitrogen and oxygen atoms in total. The lowest BCUT2D eigenvalue weighted by atomic mass is 10.0. The quantitative estimate of drug-likeness (QED) is 0.308. The van der Waals surface area contributed by atoms with Crippen LogP contribution in [0.3, 0.4) is 0 Å². The van der Waals surface area contributed by atoms with Crippen LogP contribution in [0.5, 0.6) is 5.75 Å². The molecule has 13 heteroatoms. The number of aromatic nitrogens is 3. The molecule has 6 rings (SSSR count). The summed E-state index contributed by atoms with van der Waals surface area (Å²) < 4.78 is 41.0. The van der Waals surface area contributed by atoms with E-state index < -0.39 is 11.6 Å². The van der Waals surface area contributed by atoms with E-state index in [-0.39, 0.29) is 29.2 Å². The third-order valence-corrected chi connectivity index (χ3v) is 8.49. The van der Waals surface area contributed by atoms with Crippen LogP contribution < -0.4 is 15.4 Å². The number of halogens is 2. The number of amides is 2. The van der Waals surface area contributed by atoms with Crippen molar-refractivity contribution in [1.82, 2.24) is 29.5 Å². The van der Waals surface area contributed by atoms with Crippen molar-refractivity contribution in [3.05, 3.63) is 71.7 Å². The average Bonchev–Trinajstić information content (AvgIpc) is 3.70. The highest BCUT2D eigenvalue weighted by Crippen LogP contribution is 2.32. The molecule has 2 aliphatic heterocycles. The van der Waals surface area contributed by atoms with Gasteiger partial charge in [-0.15, -0.1) is 0 Å². The standard InChI is InChI=1S/C32H35F2N7O4/c1-19-14-21(38-29-30-37-17-25(41(30)9-8-35-29)23-6-7-26(45-3)28(34)27(23)33)4-5-22(19)31(42)39-10-12-40(13-11-39)32(43)24-15-20(16-36-24)18-44-2/h4-9,14,17,20,24,36H,10-13,15-16,18H2,1-3H3,(H,35,38)/t20?,24-/m0/s1. The predicted octanol–water partition coefficient (Wildman–Crippen LogP) is 3.64. The fourth-order valence-electron chi connectivity index (χ4n) is 6.09. The Morgan fingerprint density at radius 2 is 1.82 bits per heavy atom. The number of aryl methyl sites for hydroxylation is 1. The Balaban J connectivity index is 1.12. The van der Waals surface area contributed by atoms with Crippen LogP contribution >= 0.6 is 0 Å². The average molecular weight is 620 g/mol. The van der Waals surface area contributed by atoms with Crippen molar-refractivity contribution in [2.24, 2.45) is 5.92 Å². The number of imidazole rings is 1. The highest BCUT2D eigenvalue weighted by molar-refractivity contribution is 5.96. The van der Waals surface area contributed by atoms with Crippen molar-refractivity contribution in [3.63, 3.8) is 0 Å². The number of benzene rings is 2. The molecular weight excluding hydrogens is 584 g/mol. The molecule has 2 N–H and O–H groups in total. The van der Waals surface area contributed by atoms with Gasteiger partial charge in [0.15, 0.2) is 23.0 Å². The molecular formula is C32H35F2N7O4. The minimum atomic E-state index is -1.07. The molecule has 2 saturated heterocycles. The van der Waals surface area contributed by atoms with E-state index in [1.165, 1.54) is 31.6 Å². The van der Waals surface area contributed by atoms with Crippen molar-refractivity contribution in [3.8, 4) is 17.0 Å². The summed E-state index contributed by atoms with van der Waals surface area (Å²) in [4.78, 5) is 38.9.